The molecule has 4 heteroatoms. The van der Waals surface area contributed by atoms with E-state index in [4.69, 9.17) is 0 Å². The summed E-state index contributed by atoms with van der Waals surface area (Å²) in [6.45, 7) is 2.06. The smallest absolute Gasteiger partial charge is 0.150 e. The summed E-state index contributed by atoms with van der Waals surface area (Å²) in [7, 11) is 0. The van der Waals surface area contributed by atoms with Gasteiger partial charge in [-0.15, -0.1) is 11.3 Å². The van der Waals surface area contributed by atoms with Gasteiger partial charge in [0.05, 0.1) is 0 Å². The molecule has 1 aromatic rings. The number of rotatable bonds is 4. The molecule has 1 aliphatic carbocycles. The molecule has 0 unspecified atom stereocenters. The molecule has 1 saturated carbocycles. The summed E-state index contributed by atoms with van der Waals surface area (Å²) in [5, 5.41) is 2.13. The standard InChI is InChI=1S/C11H17NS3/c1-9-6-14-10(12-9)15-8-11(7-13)4-2-3-5-11/h6,13H,2-5,7-8H2,1H3. The van der Waals surface area contributed by atoms with Gasteiger partial charge in [0.1, 0.15) is 4.34 Å². The van der Waals surface area contributed by atoms with Crippen molar-refractivity contribution in [1.82, 2.24) is 4.98 Å². The zero-order chi connectivity index (χ0) is 10.7. The van der Waals surface area contributed by atoms with Gasteiger partial charge >= 0.3 is 0 Å². The number of hydrogen-bond donors (Lipinski definition) is 1. The zero-order valence-electron chi connectivity index (χ0n) is 9.03. The van der Waals surface area contributed by atoms with Crippen LogP contribution in [0.3, 0.4) is 0 Å². The molecular weight excluding hydrogens is 242 g/mol. The molecule has 0 N–H and O–H groups in total. The van der Waals surface area contributed by atoms with Gasteiger partial charge in [0.25, 0.3) is 0 Å². The Labute approximate surface area is 105 Å². The van der Waals surface area contributed by atoms with Gasteiger partial charge in [-0.05, 0) is 30.9 Å². The summed E-state index contributed by atoms with van der Waals surface area (Å²) < 4.78 is 1.22. The molecule has 0 saturated heterocycles. The molecule has 0 atom stereocenters. The van der Waals surface area contributed by atoms with E-state index in [9.17, 15) is 0 Å². The number of thioether (sulfide) groups is 1. The highest BCUT2D eigenvalue weighted by atomic mass is 32.2. The van der Waals surface area contributed by atoms with E-state index in [0.717, 1.165) is 11.4 Å². The van der Waals surface area contributed by atoms with Gasteiger partial charge in [-0.3, -0.25) is 0 Å². The van der Waals surface area contributed by atoms with Crippen LogP contribution in [0.2, 0.25) is 0 Å². The van der Waals surface area contributed by atoms with Crippen molar-refractivity contribution < 1.29 is 0 Å². The number of aromatic nitrogens is 1. The van der Waals surface area contributed by atoms with E-state index < -0.39 is 0 Å². The molecule has 15 heavy (non-hydrogen) atoms. The number of aryl methyl sites for hydroxylation is 1. The first-order valence-electron chi connectivity index (χ1n) is 5.40. The van der Waals surface area contributed by atoms with Crippen molar-refractivity contribution in [1.29, 1.82) is 0 Å². The molecule has 0 aliphatic heterocycles. The highest BCUT2D eigenvalue weighted by molar-refractivity contribution is 8.01. The average Bonchev–Trinajstić information content (AvgIpc) is 2.85. The molecule has 1 heterocycles. The Balaban J connectivity index is 1.91. The van der Waals surface area contributed by atoms with Crippen LogP contribution in [0.15, 0.2) is 9.72 Å². The molecular formula is C11H17NS3. The lowest BCUT2D eigenvalue weighted by Crippen LogP contribution is -2.21. The molecule has 1 aromatic heterocycles. The van der Waals surface area contributed by atoms with E-state index >= 15 is 0 Å². The maximum Gasteiger partial charge on any atom is 0.150 e. The predicted octanol–water partition coefficient (Wildman–Crippen LogP) is 4.03. The van der Waals surface area contributed by atoms with Gasteiger partial charge in [0.2, 0.25) is 0 Å². The van der Waals surface area contributed by atoms with E-state index in [1.807, 2.05) is 11.8 Å². The molecule has 1 fully saturated rings. The molecule has 1 nitrogen and oxygen atoms in total. The second kappa shape index (κ2) is 5.11. The normalized spacial score (nSPS) is 19.6. The van der Waals surface area contributed by atoms with Crippen LogP contribution >= 0.6 is 35.7 Å². The fourth-order valence-corrected chi connectivity index (χ4v) is 4.81. The summed E-state index contributed by atoms with van der Waals surface area (Å²) >= 11 is 8.21. The zero-order valence-corrected chi connectivity index (χ0v) is 11.6. The Bertz CT molecular complexity index is 315. The molecule has 2 rings (SSSR count). The van der Waals surface area contributed by atoms with E-state index in [-0.39, 0.29) is 0 Å². The fourth-order valence-electron chi connectivity index (χ4n) is 2.09. The number of nitrogens with zero attached hydrogens (tertiary/aromatic N) is 1. The summed E-state index contributed by atoms with van der Waals surface area (Å²) in [5.41, 5.74) is 1.64. The highest BCUT2D eigenvalue weighted by Crippen LogP contribution is 2.43. The minimum Gasteiger partial charge on any atom is -0.235 e. The van der Waals surface area contributed by atoms with Gasteiger partial charge < -0.3 is 0 Å². The van der Waals surface area contributed by atoms with E-state index in [0.29, 0.717) is 5.41 Å². The highest BCUT2D eigenvalue weighted by Gasteiger charge is 2.32. The number of thiol groups is 1. The molecule has 84 valence electrons. The Morgan fingerprint density at radius 1 is 1.53 bits per heavy atom. The Hall–Kier alpha value is 0.330. The molecule has 0 amide bonds. The third-order valence-electron chi connectivity index (χ3n) is 3.10. The molecule has 1 aliphatic rings. The van der Waals surface area contributed by atoms with Crippen molar-refractivity contribution in [3.05, 3.63) is 11.1 Å². The van der Waals surface area contributed by atoms with Crippen molar-refractivity contribution in [2.24, 2.45) is 5.41 Å². The van der Waals surface area contributed by atoms with Crippen molar-refractivity contribution >= 4 is 35.7 Å². The first kappa shape index (κ1) is 11.8. The lowest BCUT2D eigenvalue weighted by atomic mass is 9.91. The Morgan fingerprint density at radius 2 is 2.27 bits per heavy atom. The lowest BCUT2D eigenvalue weighted by molar-refractivity contribution is 0.403. The fraction of sp³-hybridized carbons (Fsp3) is 0.727. The molecule has 0 aromatic carbocycles. The summed E-state index contributed by atoms with van der Waals surface area (Å²) in [4.78, 5) is 4.49. The van der Waals surface area contributed by atoms with Gasteiger partial charge in [-0.2, -0.15) is 12.6 Å². The van der Waals surface area contributed by atoms with Gasteiger partial charge in [-0.25, -0.2) is 4.98 Å². The lowest BCUT2D eigenvalue weighted by Gasteiger charge is -2.25. The van der Waals surface area contributed by atoms with Crippen LogP contribution in [-0.4, -0.2) is 16.5 Å². The van der Waals surface area contributed by atoms with Gasteiger partial charge in [0.15, 0.2) is 0 Å². The van der Waals surface area contributed by atoms with Crippen LogP contribution in [0.1, 0.15) is 31.4 Å². The monoisotopic (exact) mass is 259 g/mol. The van der Waals surface area contributed by atoms with Gasteiger partial charge in [-0.1, -0.05) is 24.6 Å². The predicted molar refractivity (Wildman–Crippen MR) is 72.3 cm³/mol. The number of thiazole rings is 1. The summed E-state index contributed by atoms with van der Waals surface area (Å²) in [6.07, 6.45) is 5.48. The first-order valence-corrected chi connectivity index (χ1v) is 7.90. The van der Waals surface area contributed by atoms with Crippen molar-refractivity contribution in [3.8, 4) is 0 Å². The third kappa shape index (κ3) is 2.92. The molecule has 0 radical (unpaired) electrons. The van der Waals surface area contributed by atoms with Crippen LogP contribution in [0.25, 0.3) is 0 Å². The van der Waals surface area contributed by atoms with Crippen LogP contribution in [-0.2, 0) is 0 Å². The minimum atomic E-state index is 0.493. The van der Waals surface area contributed by atoms with Crippen molar-refractivity contribution in [2.45, 2.75) is 36.9 Å². The minimum absolute atomic E-state index is 0.493. The third-order valence-corrected chi connectivity index (χ3v) is 6.26. The van der Waals surface area contributed by atoms with E-state index in [1.165, 1.54) is 35.8 Å². The van der Waals surface area contributed by atoms with Crippen LogP contribution in [0, 0.1) is 12.3 Å². The van der Waals surface area contributed by atoms with E-state index in [2.05, 4.69) is 29.9 Å². The van der Waals surface area contributed by atoms with Crippen LogP contribution in [0.5, 0.6) is 0 Å². The molecule has 0 spiro atoms. The Morgan fingerprint density at radius 3 is 2.80 bits per heavy atom. The topological polar surface area (TPSA) is 12.9 Å². The average molecular weight is 259 g/mol. The second-order valence-corrected chi connectivity index (χ2v) is 6.81. The van der Waals surface area contributed by atoms with E-state index in [1.54, 1.807) is 11.3 Å². The number of hydrogen-bond acceptors (Lipinski definition) is 4. The Kier molecular flexibility index (Phi) is 4.02. The van der Waals surface area contributed by atoms with Gasteiger partial charge in [0, 0.05) is 16.8 Å². The maximum atomic E-state index is 4.52. The first-order chi connectivity index (χ1) is 7.24. The van der Waals surface area contributed by atoms with Crippen molar-refractivity contribution in [3.63, 3.8) is 0 Å². The molecule has 0 bridgehead atoms. The van der Waals surface area contributed by atoms with Crippen molar-refractivity contribution in [2.75, 3.05) is 11.5 Å². The quantitative estimate of drug-likeness (QED) is 0.647. The summed E-state index contributed by atoms with van der Waals surface area (Å²) in [5.74, 6) is 2.23. The largest absolute Gasteiger partial charge is 0.235 e. The summed E-state index contributed by atoms with van der Waals surface area (Å²) in [6, 6.07) is 0. The SMILES string of the molecule is Cc1csc(SCC2(CS)CCCC2)n1. The van der Waals surface area contributed by atoms with Crippen LogP contribution in [0.4, 0.5) is 0 Å². The van der Waals surface area contributed by atoms with Crippen LogP contribution < -0.4 is 0 Å². The second-order valence-electron chi connectivity index (χ2n) is 4.41. The maximum absolute atomic E-state index is 4.52.